The van der Waals surface area contributed by atoms with E-state index in [4.69, 9.17) is 12.2 Å². The Labute approximate surface area is 168 Å². The van der Waals surface area contributed by atoms with Gasteiger partial charge in [-0.25, -0.2) is 0 Å². The first-order chi connectivity index (χ1) is 12.9. The van der Waals surface area contributed by atoms with E-state index in [1.165, 1.54) is 22.2 Å². The molecule has 0 bridgehead atoms. The molecule has 1 aliphatic rings. The second-order valence-corrected chi connectivity index (χ2v) is 8.08. The normalized spacial score (nSPS) is 15.5. The van der Waals surface area contributed by atoms with Crippen LogP contribution in [0.25, 0.3) is 6.08 Å². The van der Waals surface area contributed by atoms with Gasteiger partial charge in [0.25, 0.3) is 5.91 Å². The van der Waals surface area contributed by atoms with Crippen LogP contribution in [0.3, 0.4) is 0 Å². The van der Waals surface area contributed by atoms with Crippen molar-refractivity contribution in [2.45, 2.75) is 20.3 Å². The number of thiocarbonyl (C=S) groups is 1. The molecular weight excluding hydrogens is 376 g/mol. The highest BCUT2D eigenvalue weighted by Gasteiger charge is 2.32. The number of nitrogens with zero attached hydrogens (tertiary/aromatic N) is 1. The summed E-state index contributed by atoms with van der Waals surface area (Å²) in [6.07, 6.45) is 2.03. The number of nitrogens with one attached hydrogen (secondary N) is 1. The molecule has 0 aliphatic carbocycles. The van der Waals surface area contributed by atoms with Crippen LogP contribution in [0.1, 0.15) is 23.1 Å². The number of hydrogen-bond donors (Lipinski definition) is 1. The Morgan fingerprint density at radius 2 is 1.67 bits per heavy atom. The fourth-order valence-corrected chi connectivity index (χ4v) is 3.89. The van der Waals surface area contributed by atoms with E-state index >= 15 is 0 Å². The molecule has 2 aromatic carbocycles. The molecule has 0 aromatic heterocycles. The Morgan fingerprint density at radius 1 is 1.07 bits per heavy atom. The van der Waals surface area contributed by atoms with Crippen LogP contribution < -0.4 is 5.32 Å². The minimum absolute atomic E-state index is 0.143. The number of carbonyl (C=O) groups excluding carboxylic acids is 2. The summed E-state index contributed by atoms with van der Waals surface area (Å²) in [7, 11) is 0. The largest absolute Gasteiger partial charge is 0.326 e. The van der Waals surface area contributed by atoms with E-state index in [0.29, 0.717) is 9.23 Å². The highest BCUT2D eigenvalue weighted by Crippen LogP contribution is 2.32. The number of rotatable bonds is 5. The smallest absolute Gasteiger partial charge is 0.266 e. The van der Waals surface area contributed by atoms with Gasteiger partial charge >= 0.3 is 0 Å². The number of benzene rings is 2. The van der Waals surface area contributed by atoms with Crippen LogP contribution >= 0.6 is 24.0 Å². The number of anilines is 1. The predicted molar refractivity (Wildman–Crippen MR) is 115 cm³/mol. The lowest BCUT2D eigenvalue weighted by Crippen LogP contribution is -2.31. The van der Waals surface area contributed by atoms with E-state index in [0.717, 1.165) is 16.8 Å². The van der Waals surface area contributed by atoms with Crippen molar-refractivity contribution in [3.63, 3.8) is 0 Å². The highest BCUT2D eigenvalue weighted by molar-refractivity contribution is 8.26. The van der Waals surface area contributed by atoms with E-state index in [1.807, 2.05) is 68.5 Å². The summed E-state index contributed by atoms with van der Waals surface area (Å²) in [5.74, 6) is -0.288. The topological polar surface area (TPSA) is 49.4 Å². The molecule has 0 saturated carbocycles. The second-order valence-electron chi connectivity index (χ2n) is 6.41. The van der Waals surface area contributed by atoms with Crippen molar-refractivity contribution < 1.29 is 9.59 Å². The molecule has 1 N–H and O–H groups in total. The molecule has 0 radical (unpaired) electrons. The summed E-state index contributed by atoms with van der Waals surface area (Å²) in [6.45, 7) is 4.28. The van der Waals surface area contributed by atoms with E-state index in [2.05, 4.69) is 5.32 Å². The van der Waals surface area contributed by atoms with Crippen LogP contribution in [0.15, 0.2) is 53.4 Å². The van der Waals surface area contributed by atoms with Crippen molar-refractivity contribution in [2.24, 2.45) is 0 Å². The molecule has 1 fully saturated rings. The second kappa shape index (κ2) is 8.50. The van der Waals surface area contributed by atoms with Gasteiger partial charge in [-0.15, -0.1) is 0 Å². The molecule has 0 unspecified atom stereocenters. The summed E-state index contributed by atoms with van der Waals surface area (Å²) in [6, 6.07) is 15.5. The van der Waals surface area contributed by atoms with Gasteiger partial charge in [0.15, 0.2) is 0 Å². The maximum atomic E-state index is 12.6. The monoisotopic (exact) mass is 396 g/mol. The summed E-state index contributed by atoms with van der Waals surface area (Å²) in [4.78, 5) is 26.9. The van der Waals surface area contributed by atoms with Gasteiger partial charge in [0.1, 0.15) is 4.32 Å². The molecule has 3 rings (SSSR count). The van der Waals surface area contributed by atoms with Crippen molar-refractivity contribution in [2.75, 3.05) is 11.9 Å². The molecule has 1 saturated heterocycles. The summed E-state index contributed by atoms with van der Waals surface area (Å²) < 4.78 is 0.487. The van der Waals surface area contributed by atoms with Crippen LogP contribution in [0.4, 0.5) is 5.69 Å². The summed E-state index contributed by atoms with van der Waals surface area (Å²) in [5.41, 5.74) is 4.00. The Balaban J connectivity index is 1.59. The first-order valence-electron chi connectivity index (χ1n) is 8.61. The van der Waals surface area contributed by atoms with Gasteiger partial charge in [-0.3, -0.25) is 14.5 Å². The molecule has 4 nitrogen and oxygen atoms in total. The first-order valence-corrected chi connectivity index (χ1v) is 9.83. The quantitative estimate of drug-likeness (QED) is 0.596. The van der Waals surface area contributed by atoms with Gasteiger partial charge in [-0.1, -0.05) is 71.5 Å². The molecule has 2 amide bonds. The van der Waals surface area contributed by atoms with E-state index in [1.54, 1.807) is 0 Å². The van der Waals surface area contributed by atoms with Crippen molar-refractivity contribution in [1.82, 2.24) is 4.90 Å². The first kappa shape index (κ1) is 19.3. The van der Waals surface area contributed by atoms with Crippen LogP contribution in [-0.2, 0) is 9.59 Å². The molecule has 0 spiro atoms. The van der Waals surface area contributed by atoms with Crippen LogP contribution in [0.5, 0.6) is 0 Å². The number of carbonyl (C=O) groups is 2. The zero-order valence-electron chi connectivity index (χ0n) is 15.2. The van der Waals surface area contributed by atoms with E-state index in [-0.39, 0.29) is 24.8 Å². The Hall–Kier alpha value is -2.44. The van der Waals surface area contributed by atoms with E-state index < -0.39 is 0 Å². The molecule has 138 valence electrons. The number of thioether (sulfide) groups is 1. The average molecular weight is 397 g/mol. The molecule has 6 heteroatoms. The van der Waals surface area contributed by atoms with Crippen molar-refractivity contribution in [3.05, 3.63) is 70.1 Å². The highest BCUT2D eigenvalue weighted by atomic mass is 32.2. The van der Waals surface area contributed by atoms with Gasteiger partial charge in [0.05, 0.1) is 4.91 Å². The SMILES string of the molecule is Cc1ccc(C=C2SC(=S)N(CCC(=O)Nc3ccc(C)cc3)C2=O)cc1. The van der Waals surface area contributed by atoms with Gasteiger partial charge in [0.2, 0.25) is 5.91 Å². The Morgan fingerprint density at radius 3 is 2.30 bits per heavy atom. The third-order valence-electron chi connectivity index (χ3n) is 4.15. The Kier molecular flexibility index (Phi) is 6.08. The Bertz CT molecular complexity index is 903. The standard InChI is InChI=1S/C21H20N2O2S2/c1-14-3-7-16(8-4-14)13-18-20(25)23(21(26)27-18)12-11-19(24)22-17-9-5-15(2)6-10-17/h3-10,13H,11-12H2,1-2H3,(H,22,24). The fraction of sp³-hybridized carbons (Fsp3) is 0.190. The summed E-state index contributed by atoms with van der Waals surface area (Å²) >= 11 is 6.60. The van der Waals surface area contributed by atoms with Crippen molar-refractivity contribution in [3.8, 4) is 0 Å². The minimum atomic E-state index is -0.145. The molecule has 2 aromatic rings. The number of hydrogen-bond acceptors (Lipinski definition) is 4. The molecule has 27 heavy (non-hydrogen) atoms. The van der Waals surface area contributed by atoms with Crippen LogP contribution in [0.2, 0.25) is 0 Å². The molecular formula is C21H20N2O2S2. The van der Waals surface area contributed by atoms with Gasteiger partial charge in [-0.05, 0) is 37.6 Å². The van der Waals surface area contributed by atoms with Crippen molar-refractivity contribution in [1.29, 1.82) is 0 Å². The zero-order chi connectivity index (χ0) is 19.4. The average Bonchev–Trinajstić information content (AvgIpc) is 2.90. The lowest BCUT2D eigenvalue weighted by atomic mass is 10.1. The van der Waals surface area contributed by atoms with Crippen molar-refractivity contribution >= 4 is 51.9 Å². The predicted octanol–water partition coefficient (Wildman–Crippen LogP) is 4.53. The zero-order valence-corrected chi connectivity index (χ0v) is 16.8. The lowest BCUT2D eigenvalue weighted by Gasteiger charge is -2.14. The minimum Gasteiger partial charge on any atom is -0.326 e. The van der Waals surface area contributed by atoms with Crippen LogP contribution in [-0.4, -0.2) is 27.6 Å². The maximum absolute atomic E-state index is 12.6. The van der Waals surface area contributed by atoms with E-state index in [9.17, 15) is 9.59 Å². The summed E-state index contributed by atoms with van der Waals surface area (Å²) in [5, 5.41) is 2.84. The van der Waals surface area contributed by atoms with Crippen LogP contribution in [0, 0.1) is 13.8 Å². The van der Waals surface area contributed by atoms with Gasteiger partial charge in [0, 0.05) is 18.7 Å². The lowest BCUT2D eigenvalue weighted by molar-refractivity contribution is -0.122. The third kappa shape index (κ3) is 5.05. The number of amides is 2. The van der Waals surface area contributed by atoms with Gasteiger partial charge in [-0.2, -0.15) is 0 Å². The molecule has 1 aliphatic heterocycles. The fourth-order valence-electron chi connectivity index (χ4n) is 2.58. The number of aryl methyl sites for hydroxylation is 2. The molecule has 1 heterocycles. The molecule has 0 atom stereocenters. The van der Waals surface area contributed by atoms with Gasteiger partial charge < -0.3 is 5.32 Å². The third-order valence-corrected chi connectivity index (χ3v) is 5.52. The maximum Gasteiger partial charge on any atom is 0.266 e.